The molecule has 0 atom stereocenters. The van der Waals surface area contributed by atoms with Gasteiger partial charge in [0.2, 0.25) is 5.95 Å². The summed E-state index contributed by atoms with van der Waals surface area (Å²) in [5.41, 5.74) is 2.30. The second-order valence-electron chi connectivity index (χ2n) is 3.79. The second-order valence-corrected chi connectivity index (χ2v) is 3.79. The van der Waals surface area contributed by atoms with Crippen molar-refractivity contribution in [1.29, 1.82) is 0 Å². The minimum Gasteiger partial charge on any atom is -0.383 e. The number of nitrogens with one attached hydrogen (secondary N) is 1. The Morgan fingerprint density at radius 1 is 1.59 bits per heavy atom. The highest BCUT2D eigenvalue weighted by atomic mass is 19.1. The summed E-state index contributed by atoms with van der Waals surface area (Å²) in [5.74, 6) is 5.13. The van der Waals surface area contributed by atoms with Crippen LogP contribution in [0.5, 0.6) is 0 Å². The Balaban J connectivity index is 2.99. The number of nitrogens with two attached hydrogens (primary N) is 1. The van der Waals surface area contributed by atoms with E-state index in [-0.39, 0.29) is 17.8 Å². The Hall–Kier alpha value is -1.47. The molecule has 0 radical (unpaired) electrons. The molecular formula is C10H18FN5O. The molecule has 0 aliphatic heterocycles. The van der Waals surface area contributed by atoms with Gasteiger partial charge in [-0.3, -0.25) is 5.43 Å². The van der Waals surface area contributed by atoms with E-state index in [0.29, 0.717) is 13.2 Å². The van der Waals surface area contributed by atoms with Gasteiger partial charge in [-0.2, -0.15) is 4.98 Å². The molecule has 0 spiro atoms. The van der Waals surface area contributed by atoms with Gasteiger partial charge in [0.15, 0.2) is 11.6 Å². The van der Waals surface area contributed by atoms with E-state index < -0.39 is 5.82 Å². The molecule has 3 N–H and O–H groups in total. The molecule has 0 aromatic carbocycles. The summed E-state index contributed by atoms with van der Waals surface area (Å²) >= 11 is 0. The molecule has 17 heavy (non-hydrogen) atoms. The van der Waals surface area contributed by atoms with Gasteiger partial charge in [0.25, 0.3) is 0 Å². The van der Waals surface area contributed by atoms with E-state index in [4.69, 9.17) is 10.6 Å². The van der Waals surface area contributed by atoms with Gasteiger partial charge in [-0.15, -0.1) is 0 Å². The van der Waals surface area contributed by atoms with Crippen LogP contribution in [-0.2, 0) is 4.74 Å². The zero-order chi connectivity index (χ0) is 12.8. The average molecular weight is 243 g/mol. The van der Waals surface area contributed by atoms with Crippen molar-refractivity contribution < 1.29 is 9.13 Å². The first-order valence-corrected chi connectivity index (χ1v) is 5.35. The number of hydrogen-bond donors (Lipinski definition) is 2. The molecule has 0 aliphatic rings. The van der Waals surface area contributed by atoms with E-state index in [9.17, 15) is 4.39 Å². The van der Waals surface area contributed by atoms with Crippen LogP contribution in [-0.4, -0.2) is 36.3 Å². The number of hydrazine groups is 1. The topological polar surface area (TPSA) is 76.3 Å². The lowest BCUT2D eigenvalue weighted by Crippen LogP contribution is -2.35. The normalized spacial score (nSPS) is 10.7. The number of methoxy groups -OCH3 is 1. The van der Waals surface area contributed by atoms with E-state index in [0.717, 1.165) is 6.20 Å². The van der Waals surface area contributed by atoms with Crippen LogP contribution in [0.25, 0.3) is 0 Å². The van der Waals surface area contributed by atoms with E-state index >= 15 is 0 Å². The largest absolute Gasteiger partial charge is 0.383 e. The lowest BCUT2D eigenvalue weighted by molar-refractivity contribution is 0.203. The van der Waals surface area contributed by atoms with Crippen LogP contribution < -0.4 is 16.2 Å². The minimum atomic E-state index is -0.478. The minimum absolute atomic E-state index is 0.0974. The number of halogens is 1. The predicted octanol–water partition coefficient (Wildman–Crippen LogP) is 0.763. The first kappa shape index (κ1) is 13.6. The molecule has 1 aromatic heterocycles. The molecule has 96 valence electrons. The standard InChI is InChI=1S/C10H18FN5O/c1-7(2)16(4-5-17-3)9-8(11)6-13-10(14-9)15-12/h6-7H,4-5,12H2,1-3H3,(H,13,14,15). The van der Waals surface area contributed by atoms with Crippen molar-refractivity contribution in [1.82, 2.24) is 9.97 Å². The fourth-order valence-corrected chi connectivity index (χ4v) is 1.43. The Labute approximate surface area is 100.0 Å². The zero-order valence-corrected chi connectivity index (χ0v) is 10.3. The van der Waals surface area contributed by atoms with E-state index in [2.05, 4.69) is 15.4 Å². The lowest BCUT2D eigenvalue weighted by Gasteiger charge is -2.27. The molecule has 0 unspecified atom stereocenters. The summed E-state index contributed by atoms with van der Waals surface area (Å²) in [5, 5.41) is 0. The van der Waals surface area contributed by atoms with Crippen molar-refractivity contribution in [2.45, 2.75) is 19.9 Å². The summed E-state index contributed by atoms with van der Waals surface area (Å²) in [6, 6.07) is 0.0974. The molecule has 0 bridgehead atoms. The Bertz CT molecular complexity index is 361. The molecule has 0 amide bonds. The molecule has 0 saturated carbocycles. The monoisotopic (exact) mass is 243 g/mol. The summed E-state index contributed by atoms with van der Waals surface area (Å²) < 4.78 is 18.7. The van der Waals surface area contributed by atoms with Crippen molar-refractivity contribution in [3.8, 4) is 0 Å². The van der Waals surface area contributed by atoms with Crippen LogP contribution in [0.2, 0.25) is 0 Å². The average Bonchev–Trinajstić information content (AvgIpc) is 2.31. The van der Waals surface area contributed by atoms with Crippen molar-refractivity contribution in [3.05, 3.63) is 12.0 Å². The maximum Gasteiger partial charge on any atom is 0.239 e. The molecule has 1 heterocycles. The predicted molar refractivity (Wildman–Crippen MR) is 64.2 cm³/mol. The smallest absolute Gasteiger partial charge is 0.239 e. The fraction of sp³-hybridized carbons (Fsp3) is 0.600. The van der Waals surface area contributed by atoms with Crippen LogP contribution in [0.4, 0.5) is 16.2 Å². The number of nitrogen functional groups attached to an aromatic ring is 1. The maximum atomic E-state index is 13.7. The number of ether oxygens (including phenoxy) is 1. The molecule has 0 aliphatic carbocycles. The van der Waals surface area contributed by atoms with Gasteiger partial charge < -0.3 is 9.64 Å². The van der Waals surface area contributed by atoms with Gasteiger partial charge in [-0.25, -0.2) is 15.2 Å². The molecule has 7 heteroatoms. The fourth-order valence-electron chi connectivity index (χ4n) is 1.43. The zero-order valence-electron chi connectivity index (χ0n) is 10.3. The van der Waals surface area contributed by atoms with Crippen LogP contribution in [0.1, 0.15) is 13.8 Å². The van der Waals surface area contributed by atoms with Crippen molar-refractivity contribution in [2.75, 3.05) is 30.6 Å². The Morgan fingerprint density at radius 3 is 2.82 bits per heavy atom. The molecular weight excluding hydrogens is 225 g/mol. The van der Waals surface area contributed by atoms with Crippen molar-refractivity contribution in [3.63, 3.8) is 0 Å². The SMILES string of the molecule is COCCN(c1nc(NN)ncc1F)C(C)C. The number of aromatic nitrogens is 2. The third-order valence-electron chi connectivity index (χ3n) is 2.29. The highest BCUT2D eigenvalue weighted by Gasteiger charge is 2.17. The van der Waals surface area contributed by atoms with Crippen LogP contribution in [0.3, 0.4) is 0 Å². The summed E-state index contributed by atoms with van der Waals surface area (Å²) in [7, 11) is 1.60. The van der Waals surface area contributed by atoms with Gasteiger partial charge in [-0.1, -0.05) is 0 Å². The van der Waals surface area contributed by atoms with Crippen molar-refractivity contribution in [2.24, 2.45) is 5.84 Å². The first-order valence-electron chi connectivity index (χ1n) is 5.35. The number of rotatable bonds is 6. The van der Waals surface area contributed by atoms with Gasteiger partial charge in [0.05, 0.1) is 12.8 Å². The van der Waals surface area contributed by atoms with Gasteiger partial charge in [0.1, 0.15) is 0 Å². The highest BCUT2D eigenvalue weighted by molar-refractivity contribution is 5.44. The van der Waals surface area contributed by atoms with Gasteiger partial charge >= 0.3 is 0 Å². The van der Waals surface area contributed by atoms with E-state index in [1.165, 1.54) is 0 Å². The summed E-state index contributed by atoms with van der Waals surface area (Å²) in [6.07, 6.45) is 1.10. The van der Waals surface area contributed by atoms with Crippen molar-refractivity contribution >= 4 is 11.8 Å². The quantitative estimate of drug-likeness (QED) is 0.567. The van der Waals surface area contributed by atoms with Gasteiger partial charge in [-0.05, 0) is 13.8 Å². The van der Waals surface area contributed by atoms with Crippen LogP contribution in [0.15, 0.2) is 6.20 Å². The number of anilines is 2. The molecule has 1 rings (SSSR count). The summed E-state index contributed by atoms with van der Waals surface area (Å²) in [6.45, 7) is 4.94. The molecule has 0 saturated heterocycles. The first-order chi connectivity index (χ1) is 8.10. The van der Waals surface area contributed by atoms with Gasteiger partial charge in [0, 0.05) is 19.7 Å². The van der Waals surface area contributed by atoms with Crippen LogP contribution >= 0.6 is 0 Å². The molecule has 0 fully saturated rings. The lowest BCUT2D eigenvalue weighted by atomic mass is 10.3. The van der Waals surface area contributed by atoms with Crippen LogP contribution in [0, 0.1) is 5.82 Å². The highest BCUT2D eigenvalue weighted by Crippen LogP contribution is 2.19. The maximum absolute atomic E-state index is 13.7. The third-order valence-corrected chi connectivity index (χ3v) is 2.29. The Kier molecular flexibility index (Phi) is 5.05. The summed E-state index contributed by atoms with van der Waals surface area (Å²) in [4.78, 5) is 9.51. The Morgan fingerprint density at radius 2 is 2.29 bits per heavy atom. The number of nitrogens with zero attached hydrogens (tertiary/aromatic N) is 3. The molecule has 1 aromatic rings. The second kappa shape index (κ2) is 6.31. The third kappa shape index (κ3) is 3.50. The molecule has 6 nitrogen and oxygen atoms in total. The van der Waals surface area contributed by atoms with E-state index in [1.54, 1.807) is 12.0 Å². The number of hydrogen-bond acceptors (Lipinski definition) is 6. The van der Waals surface area contributed by atoms with E-state index in [1.807, 2.05) is 13.8 Å².